The number of aryl methyl sites for hydroxylation is 1. The first kappa shape index (κ1) is 27.0. The molecule has 43 heavy (non-hydrogen) atoms. The van der Waals surface area contributed by atoms with E-state index < -0.39 is 12.0 Å². The van der Waals surface area contributed by atoms with Crippen LogP contribution in [-0.2, 0) is 6.42 Å². The van der Waals surface area contributed by atoms with E-state index in [1.54, 1.807) is 18.2 Å². The predicted octanol–water partition coefficient (Wildman–Crippen LogP) is 5.75. The molecule has 2 bridgehead atoms. The summed E-state index contributed by atoms with van der Waals surface area (Å²) in [5.41, 5.74) is 1.93. The molecule has 4 atom stereocenters. The van der Waals surface area contributed by atoms with Crippen molar-refractivity contribution in [2.24, 2.45) is 0 Å². The van der Waals surface area contributed by atoms with Crippen LogP contribution in [0.3, 0.4) is 0 Å². The van der Waals surface area contributed by atoms with Gasteiger partial charge in [0.2, 0.25) is 0 Å². The number of hydrogen-bond acceptors (Lipinski definition) is 7. The quantitative estimate of drug-likeness (QED) is 0.298. The maximum atomic E-state index is 16.8. The van der Waals surface area contributed by atoms with Crippen molar-refractivity contribution >= 4 is 27.5 Å². The third-order valence-corrected chi connectivity index (χ3v) is 10.2. The number of nitrogens with zero attached hydrogens (tertiary/aromatic N) is 4. The van der Waals surface area contributed by atoms with Gasteiger partial charge in [0, 0.05) is 49.1 Å². The average Bonchev–Trinajstić information content (AvgIpc) is 3.65. The number of aromatic nitrogens is 2. The Hall–Kier alpha value is -3.56. The Morgan fingerprint density at radius 1 is 1.07 bits per heavy atom. The highest BCUT2D eigenvalue weighted by atomic mass is 19.1. The number of halogens is 2. The summed E-state index contributed by atoms with van der Waals surface area (Å²) in [5, 5.41) is 16.7. The van der Waals surface area contributed by atoms with Gasteiger partial charge in [-0.3, -0.25) is 4.90 Å². The molecule has 2 unspecified atom stereocenters. The molecule has 8 rings (SSSR count). The molecule has 9 heteroatoms. The summed E-state index contributed by atoms with van der Waals surface area (Å²) < 4.78 is 37.6. The lowest BCUT2D eigenvalue weighted by atomic mass is 9.92. The Morgan fingerprint density at radius 3 is 2.72 bits per heavy atom. The molecule has 7 nitrogen and oxygen atoms in total. The lowest BCUT2D eigenvalue weighted by Crippen LogP contribution is -2.51. The summed E-state index contributed by atoms with van der Waals surface area (Å²) in [7, 11) is 0. The lowest BCUT2D eigenvalue weighted by molar-refractivity contribution is 0.107. The van der Waals surface area contributed by atoms with Crippen LogP contribution < -0.4 is 15.0 Å². The molecule has 3 aromatic carbocycles. The molecule has 224 valence electrons. The monoisotopic (exact) mass is 585 g/mol. The van der Waals surface area contributed by atoms with Crippen LogP contribution in [0.4, 0.5) is 14.6 Å². The molecule has 4 fully saturated rings. The van der Waals surface area contributed by atoms with Crippen molar-refractivity contribution in [3.63, 3.8) is 0 Å². The molecular formula is C34H37F2N5O2. The number of anilines is 1. The first-order valence-corrected chi connectivity index (χ1v) is 15.7. The van der Waals surface area contributed by atoms with Crippen molar-refractivity contribution in [2.75, 3.05) is 37.7 Å². The zero-order valence-electron chi connectivity index (χ0n) is 24.5. The van der Waals surface area contributed by atoms with Gasteiger partial charge >= 0.3 is 6.01 Å². The summed E-state index contributed by atoms with van der Waals surface area (Å²) in [6, 6.07) is 13.9. The molecular weight excluding hydrogens is 548 g/mol. The average molecular weight is 586 g/mol. The Balaban J connectivity index is 1.26. The van der Waals surface area contributed by atoms with Gasteiger partial charge in [0.1, 0.15) is 29.9 Å². The van der Waals surface area contributed by atoms with Crippen LogP contribution in [0.25, 0.3) is 32.8 Å². The van der Waals surface area contributed by atoms with E-state index in [-0.39, 0.29) is 29.4 Å². The number of alkyl halides is 1. The molecule has 5 heterocycles. The van der Waals surface area contributed by atoms with E-state index in [0.29, 0.717) is 47.4 Å². The highest BCUT2D eigenvalue weighted by molar-refractivity contribution is 6.03. The normalized spacial score (nSPS) is 27.0. The smallest absolute Gasteiger partial charge is 0.319 e. The van der Waals surface area contributed by atoms with Crippen LogP contribution in [0.5, 0.6) is 11.8 Å². The maximum Gasteiger partial charge on any atom is 0.319 e. The van der Waals surface area contributed by atoms with E-state index in [1.807, 2.05) is 24.3 Å². The molecule has 0 aliphatic carbocycles. The largest absolute Gasteiger partial charge is 0.508 e. The van der Waals surface area contributed by atoms with E-state index in [4.69, 9.17) is 9.72 Å². The highest BCUT2D eigenvalue weighted by Crippen LogP contribution is 2.42. The molecule has 4 saturated heterocycles. The van der Waals surface area contributed by atoms with Crippen molar-refractivity contribution < 1.29 is 18.6 Å². The molecule has 0 radical (unpaired) electrons. The second kappa shape index (κ2) is 10.3. The summed E-state index contributed by atoms with van der Waals surface area (Å²) in [5.74, 6) is 0.295. The summed E-state index contributed by atoms with van der Waals surface area (Å²) in [6.07, 6.45) is 4.46. The number of nitrogens with one attached hydrogen (secondary N) is 1. The zero-order valence-corrected chi connectivity index (χ0v) is 24.5. The van der Waals surface area contributed by atoms with E-state index in [0.717, 1.165) is 68.1 Å². The minimum atomic E-state index is -0.863. The fourth-order valence-corrected chi connectivity index (χ4v) is 8.25. The van der Waals surface area contributed by atoms with Gasteiger partial charge in [0.15, 0.2) is 5.82 Å². The molecule has 4 aliphatic rings. The highest BCUT2D eigenvalue weighted by Gasteiger charge is 2.49. The lowest BCUT2D eigenvalue weighted by Gasteiger charge is -2.34. The molecule has 4 aliphatic heterocycles. The second-order valence-corrected chi connectivity index (χ2v) is 12.9. The maximum absolute atomic E-state index is 16.8. The van der Waals surface area contributed by atoms with E-state index in [2.05, 4.69) is 27.0 Å². The van der Waals surface area contributed by atoms with Crippen LogP contribution in [0.15, 0.2) is 42.5 Å². The summed E-state index contributed by atoms with van der Waals surface area (Å²) in [6.45, 7) is 5.22. The third kappa shape index (κ3) is 4.51. The van der Waals surface area contributed by atoms with Gasteiger partial charge in [-0.2, -0.15) is 9.97 Å². The predicted molar refractivity (Wildman–Crippen MR) is 164 cm³/mol. The molecule has 4 aromatic rings. The number of ether oxygens (including phenoxy) is 1. The molecule has 2 N–H and O–H groups in total. The number of phenols is 1. The number of piperazine rings is 1. The van der Waals surface area contributed by atoms with Crippen LogP contribution >= 0.6 is 0 Å². The standard InChI is InChI=1S/C34H37F2N5O2/c1-2-20-5-3-6-21-13-25(42)14-28(29(20)21)26-9-10-27-31(30(26)36)38-33(39-32(27)40-17-23-7-8-24(18-40)37-23)43-19-34-11-4-12-41(34)16-22(35)15-34/h3,5-6,9-10,13-14,22-24,37,42H,2,4,7-8,11-12,15-19H2,1H3/t22-,23?,24?,34+/m1/s1. The number of rotatable bonds is 6. The van der Waals surface area contributed by atoms with Crippen LogP contribution in [0, 0.1) is 5.82 Å². The molecule has 1 aromatic heterocycles. The molecule has 0 spiro atoms. The van der Waals surface area contributed by atoms with Crippen molar-refractivity contribution in [2.45, 2.75) is 69.2 Å². The fraction of sp³-hybridized carbons (Fsp3) is 0.471. The van der Waals surface area contributed by atoms with Crippen molar-refractivity contribution in [1.82, 2.24) is 20.2 Å². The third-order valence-electron chi connectivity index (χ3n) is 10.2. The van der Waals surface area contributed by atoms with E-state index in [9.17, 15) is 9.50 Å². The van der Waals surface area contributed by atoms with Crippen LogP contribution in [0.2, 0.25) is 0 Å². The Labute approximate surface area is 249 Å². The van der Waals surface area contributed by atoms with Gasteiger partial charge in [-0.15, -0.1) is 0 Å². The SMILES string of the molecule is CCc1cccc2cc(O)cc(-c3ccc4c(N5CC6CCC(C5)N6)nc(OC[C@@]56CCCN5C[C@H](F)C6)nc4c3F)c12. The number of aromatic hydroxyl groups is 1. The number of hydrogen-bond donors (Lipinski definition) is 2. The fourth-order valence-electron chi connectivity index (χ4n) is 8.25. The van der Waals surface area contributed by atoms with Crippen LogP contribution in [0.1, 0.15) is 44.6 Å². The topological polar surface area (TPSA) is 73.8 Å². The second-order valence-electron chi connectivity index (χ2n) is 12.9. The Morgan fingerprint density at radius 2 is 1.91 bits per heavy atom. The molecule has 0 saturated carbocycles. The van der Waals surface area contributed by atoms with Gasteiger partial charge in [-0.1, -0.05) is 31.2 Å². The summed E-state index contributed by atoms with van der Waals surface area (Å²) >= 11 is 0. The minimum Gasteiger partial charge on any atom is -0.508 e. The van der Waals surface area contributed by atoms with E-state index in [1.165, 1.54) is 0 Å². The number of benzene rings is 3. The number of phenolic OH excluding ortho intramolecular Hbond substituents is 1. The zero-order chi connectivity index (χ0) is 29.3. The Kier molecular flexibility index (Phi) is 6.45. The molecule has 0 amide bonds. The van der Waals surface area contributed by atoms with Crippen molar-refractivity contribution in [1.29, 1.82) is 0 Å². The van der Waals surface area contributed by atoms with Gasteiger partial charge in [-0.25, -0.2) is 8.78 Å². The first-order valence-electron chi connectivity index (χ1n) is 15.7. The van der Waals surface area contributed by atoms with Gasteiger partial charge < -0.3 is 20.1 Å². The number of fused-ring (bicyclic) bond motifs is 5. The van der Waals surface area contributed by atoms with Crippen LogP contribution in [-0.4, -0.2) is 76.6 Å². The van der Waals surface area contributed by atoms with Crippen molar-refractivity contribution in [3.05, 3.63) is 53.8 Å². The van der Waals surface area contributed by atoms with E-state index >= 15 is 4.39 Å². The van der Waals surface area contributed by atoms with Gasteiger partial charge in [-0.05, 0) is 78.7 Å². The van der Waals surface area contributed by atoms with Gasteiger partial charge in [0.05, 0.1) is 5.54 Å². The van der Waals surface area contributed by atoms with Crippen molar-refractivity contribution in [3.8, 4) is 22.9 Å². The summed E-state index contributed by atoms with van der Waals surface area (Å²) in [4.78, 5) is 14.0. The Bertz CT molecular complexity index is 1720. The minimum absolute atomic E-state index is 0.0852. The van der Waals surface area contributed by atoms with Gasteiger partial charge in [0.25, 0.3) is 0 Å². The first-order chi connectivity index (χ1) is 20.9.